The van der Waals surface area contributed by atoms with Crippen LogP contribution in [-0.2, 0) is 0 Å². The maximum atomic E-state index is 6.44. The number of furan rings is 1. The Hall–Kier alpha value is -6.89. The van der Waals surface area contributed by atoms with Gasteiger partial charge in [0.2, 0.25) is 5.95 Å². The van der Waals surface area contributed by atoms with E-state index in [1.54, 1.807) is 6.20 Å². The van der Waals surface area contributed by atoms with Crippen LogP contribution >= 0.6 is 11.3 Å². The highest BCUT2D eigenvalue weighted by Crippen LogP contribution is 2.46. The Morgan fingerprint density at radius 1 is 0.472 bits per heavy atom. The first-order valence-electron chi connectivity index (χ1n) is 17.7. The standard InChI is InChI=1S/C47H26N4OS/c1-2-13-31-30(12-1)43-34(20-21-40-45(43)33-15-4-7-17-39(33)52-40)46-44(31)32-14-3-6-16-38(32)51(46)47-49-36(25-37(50-47)28-10-9-23-48-26-28)27-19-22-42-35(24-27)29-11-5-8-18-41(29)53-42/h1-26H. The summed E-state index contributed by atoms with van der Waals surface area (Å²) < 4.78 is 11.3. The molecule has 5 nitrogen and oxygen atoms in total. The molecule has 0 aliphatic carbocycles. The van der Waals surface area contributed by atoms with E-state index in [0.717, 1.165) is 71.6 Å². The van der Waals surface area contributed by atoms with Gasteiger partial charge in [-0.25, -0.2) is 9.97 Å². The van der Waals surface area contributed by atoms with Gasteiger partial charge in [-0.15, -0.1) is 11.3 Å². The number of pyridine rings is 1. The number of nitrogens with zero attached hydrogens (tertiary/aromatic N) is 4. The molecule has 0 radical (unpaired) electrons. The fraction of sp³-hybridized carbons (Fsp3) is 0. The van der Waals surface area contributed by atoms with Gasteiger partial charge in [-0.1, -0.05) is 84.9 Å². The van der Waals surface area contributed by atoms with Gasteiger partial charge in [0.25, 0.3) is 0 Å². The smallest absolute Gasteiger partial charge is 0.235 e. The second-order valence-electron chi connectivity index (χ2n) is 13.6. The van der Waals surface area contributed by atoms with Crippen molar-refractivity contribution in [2.24, 2.45) is 0 Å². The van der Waals surface area contributed by atoms with Gasteiger partial charge in [-0.3, -0.25) is 9.55 Å². The number of benzene rings is 7. The van der Waals surface area contributed by atoms with Crippen LogP contribution in [0.15, 0.2) is 162 Å². The average Bonchev–Trinajstić information content (AvgIpc) is 3.90. The molecular weight excluding hydrogens is 669 g/mol. The molecule has 0 atom stereocenters. The molecule has 0 spiro atoms. The molecule has 246 valence electrons. The molecule has 0 bridgehead atoms. The Kier molecular flexibility index (Phi) is 5.87. The van der Waals surface area contributed by atoms with Crippen molar-refractivity contribution in [2.75, 3.05) is 0 Å². The Labute approximate surface area is 306 Å². The fourth-order valence-corrected chi connectivity index (χ4v) is 9.50. The highest BCUT2D eigenvalue weighted by atomic mass is 32.1. The lowest BCUT2D eigenvalue weighted by molar-refractivity contribution is 0.669. The Balaban J connectivity index is 1.24. The zero-order valence-corrected chi connectivity index (χ0v) is 28.9. The van der Waals surface area contributed by atoms with Crippen molar-refractivity contribution in [3.8, 4) is 28.5 Å². The first kappa shape index (κ1) is 28.8. The van der Waals surface area contributed by atoms with E-state index in [-0.39, 0.29) is 0 Å². The molecule has 12 rings (SSSR count). The minimum Gasteiger partial charge on any atom is -0.456 e. The molecule has 0 aliphatic rings. The first-order chi connectivity index (χ1) is 26.3. The quantitative estimate of drug-likeness (QED) is 0.173. The van der Waals surface area contributed by atoms with Crippen molar-refractivity contribution in [3.05, 3.63) is 158 Å². The topological polar surface area (TPSA) is 56.7 Å². The van der Waals surface area contributed by atoms with Crippen LogP contribution in [0.3, 0.4) is 0 Å². The third-order valence-electron chi connectivity index (χ3n) is 10.7. The Bertz CT molecular complexity index is 3470. The largest absolute Gasteiger partial charge is 0.456 e. The van der Waals surface area contributed by atoms with Crippen LogP contribution in [0.5, 0.6) is 0 Å². The lowest BCUT2D eigenvalue weighted by Gasteiger charge is -2.14. The number of hydrogen-bond donors (Lipinski definition) is 0. The maximum absolute atomic E-state index is 6.44. The summed E-state index contributed by atoms with van der Waals surface area (Å²) >= 11 is 1.82. The van der Waals surface area contributed by atoms with E-state index in [9.17, 15) is 0 Å². The van der Waals surface area contributed by atoms with Gasteiger partial charge >= 0.3 is 0 Å². The second-order valence-corrected chi connectivity index (χ2v) is 14.7. The van der Waals surface area contributed by atoms with Crippen LogP contribution < -0.4 is 0 Å². The summed E-state index contributed by atoms with van der Waals surface area (Å²) in [5.41, 5.74) is 7.51. The number of rotatable bonds is 3. The average molecular weight is 695 g/mol. The highest BCUT2D eigenvalue weighted by Gasteiger charge is 2.23. The molecule has 0 N–H and O–H groups in total. The van der Waals surface area contributed by atoms with Crippen LogP contribution in [0.2, 0.25) is 0 Å². The van der Waals surface area contributed by atoms with E-state index in [1.807, 2.05) is 29.7 Å². The van der Waals surface area contributed by atoms with Gasteiger partial charge in [0.05, 0.1) is 22.4 Å². The zero-order valence-electron chi connectivity index (χ0n) is 28.1. The van der Waals surface area contributed by atoms with Crippen LogP contribution in [-0.4, -0.2) is 19.5 Å². The van der Waals surface area contributed by atoms with Crippen molar-refractivity contribution in [1.82, 2.24) is 19.5 Å². The van der Waals surface area contributed by atoms with E-state index in [1.165, 1.54) is 36.3 Å². The summed E-state index contributed by atoms with van der Waals surface area (Å²) in [7, 11) is 0. The molecule has 53 heavy (non-hydrogen) atoms. The van der Waals surface area contributed by atoms with Crippen LogP contribution in [0, 0.1) is 0 Å². The SMILES string of the molecule is c1cncc(-c2cc(-c3ccc4sc5ccccc5c4c3)nc(-n3c4ccccc4c4c5ccccc5c5c(ccc6oc7ccccc7c65)c43)n2)c1. The van der Waals surface area contributed by atoms with Crippen LogP contribution in [0.1, 0.15) is 0 Å². The van der Waals surface area contributed by atoms with E-state index in [0.29, 0.717) is 5.95 Å². The van der Waals surface area contributed by atoms with Gasteiger partial charge in [-0.2, -0.15) is 0 Å². The molecule has 0 saturated carbocycles. The molecule has 7 aromatic carbocycles. The van der Waals surface area contributed by atoms with E-state index in [2.05, 4.69) is 143 Å². The molecular formula is C47H26N4OS. The number of thiophene rings is 1. The molecule has 0 amide bonds. The second kappa shape index (κ2) is 10.8. The summed E-state index contributed by atoms with van der Waals surface area (Å²) in [6.45, 7) is 0. The first-order valence-corrected chi connectivity index (χ1v) is 18.5. The maximum Gasteiger partial charge on any atom is 0.235 e. The lowest BCUT2D eigenvalue weighted by atomic mass is 9.94. The molecule has 5 heterocycles. The zero-order chi connectivity index (χ0) is 34.6. The molecule has 6 heteroatoms. The third kappa shape index (κ3) is 4.09. The predicted molar refractivity (Wildman–Crippen MR) is 220 cm³/mol. The van der Waals surface area contributed by atoms with Gasteiger partial charge < -0.3 is 4.42 Å². The van der Waals surface area contributed by atoms with Crippen LogP contribution in [0.25, 0.3) is 114 Å². The summed E-state index contributed by atoms with van der Waals surface area (Å²) in [5, 5.41) is 11.7. The molecule has 0 unspecified atom stereocenters. The minimum atomic E-state index is 0.608. The van der Waals surface area contributed by atoms with E-state index in [4.69, 9.17) is 14.4 Å². The molecule has 0 fully saturated rings. The fourth-order valence-electron chi connectivity index (χ4n) is 8.42. The number of hydrogen-bond acceptors (Lipinski definition) is 5. The van der Waals surface area contributed by atoms with Gasteiger partial charge in [0.15, 0.2) is 0 Å². The highest BCUT2D eigenvalue weighted by molar-refractivity contribution is 7.25. The third-order valence-corrected chi connectivity index (χ3v) is 11.8. The van der Waals surface area contributed by atoms with E-state index >= 15 is 0 Å². The summed E-state index contributed by atoms with van der Waals surface area (Å²) in [5.74, 6) is 0.608. The number of aromatic nitrogens is 4. The molecule has 5 aromatic heterocycles. The summed E-state index contributed by atoms with van der Waals surface area (Å²) in [6.07, 6.45) is 3.67. The minimum absolute atomic E-state index is 0.608. The predicted octanol–water partition coefficient (Wildman–Crippen LogP) is 12.9. The Morgan fingerprint density at radius 3 is 2.04 bits per heavy atom. The number of para-hydroxylation sites is 2. The van der Waals surface area contributed by atoms with Crippen molar-refractivity contribution < 1.29 is 4.42 Å². The summed E-state index contributed by atoms with van der Waals surface area (Å²) in [6, 6.07) is 51.5. The molecule has 0 saturated heterocycles. The van der Waals surface area contributed by atoms with Gasteiger partial charge in [0.1, 0.15) is 11.2 Å². The van der Waals surface area contributed by atoms with Crippen molar-refractivity contribution >= 4 is 96.8 Å². The van der Waals surface area contributed by atoms with Gasteiger partial charge in [0, 0.05) is 76.0 Å². The molecule has 0 aliphatic heterocycles. The normalized spacial score (nSPS) is 12.2. The van der Waals surface area contributed by atoms with Crippen molar-refractivity contribution in [3.63, 3.8) is 0 Å². The Morgan fingerprint density at radius 2 is 1.19 bits per heavy atom. The van der Waals surface area contributed by atoms with Crippen molar-refractivity contribution in [1.29, 1.82) is 0 Å². The van der Waals surface area contributed by atoms with E-state index < -0.39 is 0 Å². The van der Waals surface area contributed by atoms with Crippen molar-refractivity contribution in [2.45, 2.75) is 0 Å². The number of fused-ring (bicyclic) bond motifs is 15. The molecule has 12 aromatic rings. The van der Waals surface area contributed by atoms with Gasteiger partial charge in [-0.05, 0) is 71.4 Å². The lowest BCUT2D eigenvalue weighted by Crippen LogP contribution is -2.04. The monoisotopic (exact) mass is 694 g/mol. The van der Waals surface area contributed by atoms with Crippen LogP contribution in [0.4, 0.5) is 0 Å². The summed E-state index contributed by atoms with van der Waals surface area (Å²) in [4.78, 5) is 15.3.